The summed E-state index contributed by atoms with van der Waals surface area (Å²) in [6, 6.07) is 0.423. The minimum Gasteiger partial charge on any atom is -0.338 e. The molecule has 90 valence electrons. The van der Waals surface area contributed by atoms with Crippen molar-refractivity contribution in [3.8, 4) is 0 Å². The fourth-order valence-electron chi connectivity index (χ4n) is 2.52. The molecule has 1 aliphatic carbocycles. The molecule has 1 aliphatic rings. The van der Waals surface area contributed by atoms with Gasteiger partial charge in [0.2, 0.25) is 0 Å². The van der Waals surface area contributed by atoms with E-state index in [0.29, 0.717) is 11.5 Å². The molecule has 1 aromatic rings. The molecule has 2 atom stereocenters. The summed E-state index contributed by atoms with van der Waals surface area (Å²) in [5, 5.41) is 0. The van der Waals surface area contributed by atoms with Gasteiger partial charge in [0.25, 0.3) is 0 Å². The van der Waals surface area contributed by atoms with E-state index in [1.54, 1.807) is 0 Å². The van der Waals surface area contributed by atoms with Crippen LogP contribution in [0.5, 0.6) is 0 Å². The van der Waals surface area contributed by atoms with Crippen molar-refractivity contribution in [3.05, 3.63) is 18.2 Å². The van der Waals surface area contributed by atoms with E-state index in [2.05, 4.69) is 28.8 Å². The highest BCUT2D eigenvalue weighted by molar-refractivity contribution is 5.02. The molecule has 0 spiro atoms. The van der Waals surface area contributed by atoms with Crippen molar-refractivity contribution >= 4 is 0 Å². The highest BCUT2D eigenvalue weighted by Crippen LogP contribution is 2.54. The Balaban J connectivity index is 1.87. The molecule has 0 aromatic carbocycles. The lowest BCUT2D eigenvalue weighted by Crippen LogP contribution is -2.38. The lowest BCUT2D eigenvalue weighted by Gasteiger charge is -2.17. The SMILES string of the molecule is Cn1ccnc1CCC(NN)C1CC1(C)C. The lowest BCUT2D eigenvalue weighted by molar-refractivity contribution is 0.387. The van der Waals surface area contributed by atoms with Crippen LogP contribution in [0.1, 0.15) is 32.5 Å². The summed E-state index contributed by atoms with van der Waals surface area (Å²) in [6.45, 7) is 4.62. The number of nitrogens with two attached hydrogens (primary N) is 1. The number of hydrogen-bond donors (Lipinski definition) is 2. The maximum Gasteiger partial charge on any atom is 0.108 e. The van der Waals surface area contributed by atoms with Crippen LogP contribution in [0, 0.1) is 11.3 Å². The molecule has 1 fully saturated rings. The van der Waals surface area contributed by atoms with E-state index in [1.807, 2.05) is 19.4 Å². The zero-order valence-electron chi connectivity index (χ0n) is 10.4. The van der Waals surface area contributed by atoms with Crippen molar-refractivity contribution in [3.63, 3.8) is 0 Å². The number of hydrazine groups is 1. The van der Waals surface area contributed by atoms with E-state index in [4.69, 9.17) is 5.84 Å². The average Bonchev–Trinajstić information content (AvgIpc) is 2.67. The summed E-state index contributed by atoms with van der Waals surface area (Å²) < 4.78 is 2.08. The molecule has 4 nitrogen and oxygen atoms in total. The Kier molecular flexibility index (Phi) is 3.04. The zero-order chi connectivity index (χ0) is 11.8. The molecule has 0 radical (unpaired) electrons. The third-order valence-corrected chi connectivity index (χ3v) is 3.89. The predicted molar refractivity (Wildman–Crippen MR) is 64.5 cm³/mol. The number of aryl methyl sites for hydroxylation is 2. The Labute approximate surface area is 97.2 Å². The number of nitrogens with one attached hydrogen (secondary N) is 1. The second kappa shape index (κ2) is 4.18. The van der Waals surface area contributed by atoms with Gasteiger partial charge in [-0.25, -0.2) is 4.98 Å². The van der Waals surface area contributed by atoms with Crippen LogP contribution < -0.4 is 11.3 Å². The van der Waals surface area contributed by atoms with E-state index < -0.39 is 0 Å². The van der Waals surface area contributed by atoms with Gasteiger partial charge in [0, 0.05) is 31.9 Å². The number of rotatable bonds is 5. The smallest absolute Gasteiger partial charge is 0.108 e. The Hall–Kier alpha value is -0.870. The lowest BCUT2D eigenvalue weighted by atomic mass is 10.0. The molecular formula is C12H22N4. The quantitative estimate of drug-likeness (QED) is 0.582. The monoisotopic (exact) mass is 222 g/mol. The minimum absolute atomic E-state index is 0.423. The fraction of sp³-hybridized carbons (Fsp3) is 0.750. The second-order valence-corrected chi connectivity index (χ2v) is 5.57. The number of hydrogen-bond acceptors (Lipinski definition) is 3. The molecule has 16 heavy (non-hydrogen) atoms. The molecule has 2 rings (SSSR count). The largest absolute Gasteiger partial charge is 0.338 e. The molecule has 0 amide bonds. The summed E-state index contributed by atoms with van der Waals surface area (Å²) in [5.41, 5.74) is 3.44. The van der Waals surface area contributed by atoms with E-state index in [0.717, 1.165) is 24.6 Å². The van der Waals surface area contributed by atoms with Crippen LogP contribution in [-0.4, -0.2) is 15.6 Å². The van der Waals surface area contributed by atoms with Crippen molar-refractivity contribution in [1.29, 1.82) is 0 Å². The van der Waals surface area contributed by atoms with Crippen LogP contribution in [0.4, 0.5) is 0 Å². The predicted octanol–water partition coefficient (Wildman–Crippen LogP) is 1.23. The number of imidazole rings is 1. The Morgan fingerprint density at radius 3 is 2.81 bits per heavy atom. The van der Waals surface area contributed by atoms with Crippen LogP contribution in [0.25, 0.3) is 0 Å². The first-order valence-electron chi connectivity index (χ1n) is 5.97. The van der Waals surface area contributed by atoms with E-state index >= 15 is 0 Å². The molecule has 1 aromatic heterocycles. The molecule has 0 aliphatic heterocycles. The Morgan fingerprint density at radius 2 is 2.38 bits per heavy atom. The van der Waals surface area contributed by atoms with Gasteiger partial charge in [-0.3, -0.25) is 11.3 Å². The summed E-state index contributed by atoms with van der Waals surface area (Å²) >= 11 is 0. The van der Waals surface area contributed by atoms with Gasteiger partial charge in [-0.15, -0.1) is 0 Å². The fourth-order valence-corrected chi connectivity index (χ4v) is 2.52. The van der Waals surface area contributed by atoms with Gasteiger partial charge in [0.1, 0.15) is 5.82 Å². The van der Waals surface area contributed by atoms with Gasteiger partial charge in [0.05, 0.1) is 0 Å². The molecule has 0 saturated heterocycles. The summed E-state index contributed by atoms with van der Waals surface area (Å²) in [5.74, 6) is 7.49. The van der Waals surface area contributed by atoms with Crippen LogP contribution in [0.2, 0.25) is 0 Å². The third-order valence-electron chi connectivity index (χ3n) is 3.89. The topological polar surface area (TPSA) is 55.9 Å². The first-order chi connectivity index (χ1) is 7.54. The molecule has 1 saturated carbocycles. The zero-order valence-corrected chi connectivity index (χ0v) is 10.4. The molecule has 3 N–H and O–H groups in total. The highest BCUT2D eigenvalue weighted by Gasteiger charge is 2.49. The summed E-state index contributed by atoms with van der Waals surface area (Å²) in [6.07, 6.45) is 7.17. The van der Waals surface area contributed by atoms with Crippen molar-refractivity contribution in [1.82, 2.24) is 15.0 Å². The van der Waals surface area contributed by atoms with Crippen LogP contribution in [0.3, 0.4) is 0 Å². The van der Waals surface area contributed by atoms with E-state index in [-0.39, 0.29) is 0 Å². The van der Waals surface area contributed by atoms with E-state index in [9.17, 15) is 0 Å². The third kappa shape index (κ3) is 2.28. The molecular weight excluding hydrogens is 200 g/mol. The van der Waals surface area contributed by atoms with Gasteiger partial charge in [-0.1, -0.05) is 13.8 Å². The van der Waals surface area contributed by atoms with Gasteiger partial charge < -0.3 is 4.57 Å². The normalized spacial score (nSPS) is 24.4. The minimum atomic E-state index is 0.423. The molecule has 0 bridgehead atoms. The van der Waals surface area contributed by atoms with Crippen molar-refractivity contribution < 1.29 is 0 Å². The van der Waals surface area contributed by atoms with Crippen LogP contribution >= 0.6 is 0 Å². The highest BCUT2D eigenvalue weighted by atomic mass is 15.2. The number of nitrogens with zero attached hydrogens (tertiary/aromatic N) is 2. The molecule has 2 unspecified atom stereocenters. The average molecular weight is 222 g/mol. The van der Waals surface area contributed by atoms with Gasteiger partial charge in [-0.2, -0.15) is 0 Å². The van der Waals surface area contributed by atoms with Crippen molar-refractivity contribution in [2.24, 2.45) is 24.2 Å². The van der Waals surface area contributed by atoms with Crippen molar-refractivity contribution in [2.45, 2.75) is 39.2 Å². The van der Waals surface area contributed by atoms with Crippen LogP contribution in [0.15, 0.2) is 12.4 Å². The Bertz CT molecular complexity index is 356. The standard InChI is InChI=1S/C12H22N4/c1-12(2)8-9(12)10(15-13)4-5-11-14-6-7-16(11)3/h6-7,9-10,15H,4-5,8,13H2,1-3H3. The van der Waals surface area contributed by atoms with Crippen molar-refractivity contribution in [2.75, 3.05) is 0 Å². The first-order valence-corrected chi connectivity index (χ1v) is 5.97. The van der Waals surface area contributed by atoms with E-state index in [1.165, 1.54) is 6.42 Å². The first kappa shape index (κ1) is 11.6. The number of aromatic nitrogens is 2. The molecule has 1 heterocycles. The van der Waals surface area contributed by atoms with Crippen LogP contribution in [-0.2, 0) is 13.5 Å². The summed E-state index contributed by atoms with van der Waals surface area (Å²) in [4.78, 5) is 4.33. The maximum absolute atomic E-state index is 5.64. The summed E-state index contributed by atoms with van der Waals surface area (Å²) in [7, 11) is 2.04. The van der Waals surface area contributed by atoms with Gasteiger partial charge in [0.15, 0.2) is 0 Å². The van der Waals surface area contributed by atoms with Gasteiger partial charge in [-0.05, 0) is 24.2 Å². The maximum atomic E-state index is 5.64. The second-order valence-electron chi connectivity index (χ2n) is 5.57. The Morgan fingerprint density at radius 1 is 1.69 bits per heavy atom. The molecule has 4 heteroatoms. The van der Waals surface area contributed by atoms with Gasteiger partial charge >= 0.3 is 0 Å².